The molecule has 0 aliphatic carbocycles. The minimum atomic E-state index is 0.672. The molecule has 0 aliphatic rings. The van der Waals surface area contributed by atoms with Crippen molar-refractivity contribution < 1.29 is 4.42 Å². The van der Waals surface area contributed by atoms with Crippen LogP contribution in [0.25, 0.3) is 22.1 Å². The van der Waals surface area contributed by atoms with E-state index in [9.17, 15) is 0 Å². The van der Waals surface area contributed by atoms with Crippen LogP contribution in [-0.4, -0.2) is 9.97 Å². The van der Waals surface area contributed by atoms with Crippen LogP contribution in [0.2, 0.25) is 0 Å². The van der Waals surface area contributed by atoms with Crippen molar-refractivity contribution in [3.05, 3.63) is 36.8 Å². The molecule has 0 amide bonds. The van der Waals surface area contributed by atoms with Crippen LogP contribution in [0, 0.1) is 0 Å². The summed E-state index contributed by atoms with van der Waals surface area (Å²) in [5, 5.41) is 2.04. The molecule has 0 fully saturated rings. The summed E-state index contributed by atoms with van der Waals surface area (Å²) in [6, 6.07) is 5.72. The van der Waals surface area contributed by atoms with Gasteiger partial charge in [-0.2, -0.15) is 0 Å². The Morgan fingerprint density at radius 1 is 1.08 bits per heavy atom. The van der Waals surface area contributed by atoms with Gasteiger partial charge in [-0.1, -0.05) is 0 Å². The molecule has 0 atom stereocenters. The first-order valence-electron chi connectivity index (χ1n) is 4.02. The van der Waals surface area contributed by atoms with Gasteiger partial charge in [0.2, 0.25) is 5.71 Å². The molecule has 3 nitrogen and oxygen atoms in total. The van der Waals surface area contributed by atoms with E-state index in [0.29, 0.717) is 5.71 Å². The van der Waals surface area contributed by atoms with Gasteiger partial charge < -0.3 is 4.42 Å². The summed E-state index contributed by atoms with van der Waals surface area (Å²) in [6.07, 6.45) is 5.23. The number of rotatable bonds is 0. The van der Waals surface area contributed by atoms with E-state index >= 15 is 0 Å². The number of furan rings is 1. The van der Waals surface area contributed by atoms with Crippen molar-refractivity contribution in [3.8, 4) is 0 Å². The van der Waals surface area contributed by atoms with Gasteiger partial charge in [0.15, 0.2) is 0 Å². The highest BCUT2D eigenvalue weighted by Gasteiger charge is 2.05. The third-order valence-electron chi connectivity index (χ3n) is 2.05. The largest absolute Gasteiger partial charge is 0.438 e. The summed E-state index contributed by atoms with van der Waals surface area (Å²) in [7, 11) is 0. The molecule has 62 valence electrons. The molecule has 0 unspecified atom stereocenters. The van der Waals surface area contributed by atoms with Crippen LogP contribution < -0.4 is 0 Å². The van der Waals surface area contributed by atoms with Crippen molar-refractivity contribution in [2.45, 2.75) is 0 Å². The van der Waals surface area contributed by atoms with Crippen LogP contribution in [0.5, 0.6) is 0 Å². The molecule has 0 spiro atoms. The van der Waals surface area contributed by atoms with E-state index in [1.165, 1.54) is 0 Å². The van der Waals surface area contributed by atoms with Crippen molar-refractivity contribution in [1.29, 1.82) is 0 Å². The number of pyridine rings is 2. The van der Waals surface area contributed by atoms with Gasteiger partial charge in [0.1, 0.15) is 5.58 Å². The van der Waals surface area contributed by atoms with Crippen LogP contribution in [0.1, 0.15) is 0 Å². The SMILES string of the molecule is c1cnc2oc3ccncc3c2c1. The minimum Gasteiger partial charge on any atom is -0.438 e. The van der Waals surface area contributed by atoms with Crippen molar-refractivity contribution in [3.63, 3.8) is 0 Å². The van der Waals surface area contributed by atoms with Crippen molar-refractivity contribution >= 4 is 22.1 Å². The molecule has 0 saturated heterocycles. The highest BCUT2D eigenvalue weighted by molar-refractivity contribution is 6.02. The average Bonchev–Trinajstić information content (AvgIpc) is 2.56. The number of aromatic nitrogens is 2. The zero-order valence-corrected chi connectivity index (χ0v) is 6.77. The maximum atomic E-state index is 5.50. The summed E-state index contributed by atoms with van der Waals surface area (Å²) < 4.78 is 5.50. The van der Waals surface area contributed by atoms with E-state index in [1.807, 2.05) is 18.2 Å². The van der Waals surface area contributed by atoms with Gasteiger partial charge in [0.25, 0.3) is 0 Å². The molecule has 3 heteroatoms. The van der Waals surface area contributed by atoms with Gasteiger partial charge in [0, 0.05) is 29.4 Å². The average molecular weight is 170 g/mol. The monoisotopic (exact) mass is 170 g/mol. The van der Waals surface area contributed by atoms with Gasteiger partial charge in [-0.15, -0.1) is 0 Å². The maximum Gasteiger partial charge on any atom is 0.227 e. The second kappa shape index (κ2) is 2.29. The first kappa shape index (κ1) is 6.60. The molecule has 0 N–H and O–H groups in total. The lowest BCUT2D eigenvalue weighted by Crippen LogP contribution is -1.70. The molecule has 0 radical (unpaired) electrons. The standard InChI is InChI=1S/C10H6N2O/c1-2-7-8-6-11-5-3-9(8)13-10(7)12-4-1/h1-6H. The molecule has 0 bridgehead atoms. The van der Waals surface area contributed by atoms with Gasteiger partial charge >= 0.3 is 0 Å². The van der Waals surface area contributed by atoms with Gasteiger partial charge in [0.05, 0.1) is 0 Å². The van der Waals surface area contributed by atoms with E-state index in [4.69, 9.17) is 4.42 Å². The lowest BCUT2D eigenvalue weighted by Gasteiger charge is -1.84. The van der Waals surface area contributed by atoms with E-state index in [2.05, 4.69) is 9.97 Å². The highest BCUT2D eigenvalue weighted by atomic mass is 16.3. The molecule has 13 heavy (non-hydrogen) atoms. The minimum absolute atomic E-state index is 0.672. The van der Waals surface area contributed by atoms with Crippen LogP contribution in [0.3, 0.4) is 0 Å². The third kappa shape index (κ3) is 0.839. The van der Waals surface area contributed by atoms with Crippen LogP contribution >= 0.6 is 0 Å². The van der Waals surface area contributed by atoms with Crippen molar-refractivity contribution in [1.82, 2.24) is 9.97 Å². The molecule has 3 rings (SSSR count). The third-order valence-corrected chi connectivity index (χ3v) is 2.05. The second-order valence-corrected chi connectivity index (χ2v) is 2.83. The molecule has 3 aromatic heterocycles. The van der Waals surface area contributed by atoms with Crippen molar-refractivity contribution in [2.75, 3.05) is 0 Å². The van der Waals surface area contributed by atoms with E-state index in [0.717, 1.165) is 16.4 Å². The van der Waals surface area contributed by atoms with E-state index in [-0.39, 0.29) is 0 Å². The molecule has 0 aromatic carbocycles. The van der Waals surface area contributed by atoms with Gasteiger partial charge in [-0.25, -0.2) is 4.98 Å². The molecular weight excluding hydrogens is 164 g/mol. The van der Waals surface area contributed by atoms with Crippen LogP contribution in [0.15, 0.2) is 41.2 Å². The smallest absolute Gasteiger partial charge is 0.227 e. The lowest BCUT2D eigenvalue weighted by molar-refractivity contribution is 0.653. The van der Waals surface area contributed by atoms with Crippen molar-refractivity contribution in [2.24, 2.45) is 0 Å². The first-order chi connectivity index (χ1) is 6.45. The van der Waals surface area contributed by atoms with E-state index < -0.39 is 0 Å². The second-order valence-electron chi connectivity index (χ2n) is 2.83. The summed E-state index contributed by atoms with van der Waals surface area (Å²) >= 11 is 0. The summed E-state index contributed by atoms with van der Waals surface area (Å²) in [4.78, 5) is 8.17. The van der Waals surface area contributed by atoms with Gasteiger partial charge in [-0.05, 0) is 18.2 Å². The fraction of sp³-hybridized carbons (Fsp3) is 0. The zero-order chi connectivity index (χ0) is 8.67. The van der Waals surface area contributed by atoms with Crippen LogP contribution in [-0.2, 0) is 0 Å². The number of hydrogen-bond acceptors (Lipinski definition) is 3. The Bertz CT molecular complexity index is 521. The molecule has 3 aromatic rings. The fourth-order valence-electron chi connectivity index (χ4n) is 1.45. The highest BCUT2D eigenvalue weighted by Crippen LogP contribution is 2.25. The molecule has 3 heterocycles. The predicted octanol–water partition coefficient (Wildman–Crippen LogP) is 2.38. The summed E-state index contributed by atoms with van der Waals surface area (Å²) in [6.45, 7) is 0. The fourth-order valence-corrected chi connectivity index (χ4v) is 1.45. The normalized spacial score (nSPS) is 11.1. The predicted molar refractivity (Wildman–Crippen MR) is 49.3 cm³/mol. The molecule has 0 aliphatic heterocycles. The maximum absolute atomic E-state index is 5.50. The summed E-state index contributed by atoms with van der Waals surface area (Å²) in [5.74, 6) is 0. The lowest BCUT2D eigenvalue weighted by atomic mass is 10.2. The quantitative estimate of drug-likeness (QED) is 0.520. The Morgan fingerprint density at radius 3 is 3.08 bits per heavy atom. The Kier molecular flexibility index (Phi) is 1.16. The Morgan fingerprint density at radius 2 is 2.08 bits per heavy atom. The topological polar surface area (TPSA) is 38.9 Å². The Labute approximate surface area is 74.0 Å². The number of fused-ring (bicyclic) bond motifs is 3. The van der Waals surface area contributed by atoms with Gasteiger partial charge in [-0.3, -0.25) is 4.98 Å². The van der Waals surface area contributed by atoms with E-state index in [1.54, 1.807) is 18.6 Å². The Balaban J connectivity index is 2.64. The molecule has 0 saturated carbocycles. The van der Waals surface area contributed by atoms with Crippen LogP contribution in [0.4, 0.5) is 0 Å². The first-order valence-corrected chi connectivity index (χ1v) is 4.02. The Hall–Kier alpha value is -1.90. The number of nitrogens with zero attached hydrogens (tertiary/aromatic N) is 2. The summed E-state index contributed by atoms with van der Waals surface area (Å²) in [5.41, 5.74) is 1.51. The number of hydrogen-bond donors (Lipinski definition) is 0. The molecular formula is C10H6N2O. The zero-order valence-electron chi connectivity index (χ0n) is 6.77.